The average Bonchev–Trinajstić information content (AvgIpc) is 2.79. The number of piperidine rings is 1. The number of hydrogen-bond donors (Lipinski definition) is 1. The molecule has 1 aromatic carbocycles. The zero-order valence-electron chi connectivity index (χ0n) is 19.4. The molecule has 3 heterocycles. The maximum Gasteiger partial charge on any atom is 0.310 e. The highest BCUT2D eigenvalue weighted by Gasteiger charge is 2.19. The van der Waals surface area contributed by atoms with E-state index in [0.29, 0.717) is 5.02 Å². The van der Waals surface area contributed by atoms with Gasteiger partial charge in [0, 0.05) is 51.4 Å². The number of nitrogens with zero attached hydrogens (tertiary/aromatic N) is 2. The van der Waals surface area contributed by atoms with E-state index in [9.17, 15) is 4.79 Å². The van der Waals surface area contributed by atoms with Crippen LogP contribution < -0.4 is 5.32 Å². The Morgan fingerprint density at radius 3 is 2.55 bits per heavy atom. The van der Waals surface area contributed by atoms with Crippen molar-refractivity contribution in [1.82, 2.24) is 15.3 Å². The molecule has 1 N–H and O–H groups in total. The third-order valence-electron chi connectivity index (χ3n) is 5.88. The van der Waals surface area contributed by atoms with Crippen molar-refractivity contribution in [2.24, 2.45) is 0 Å². The number of esters is 1. The summed E-state index contributed by atoms with van der Waals surface area (Å²) in [5, 5.41) is 3.86. The molecule has 1 fully saturated rings. The molecule has 0 bridgehead atoms. The second-order valence-electron chi connectivity index (χ2n) is 9.57. The maximum absolute atomic E-state index is 12.3. The standard InChI is InChI=1S/C27H30ClN3O2/c1-27(2,3)25-15-19(6-11-31-25)20-14-21(17-30-16-20)23-5-4-18(12-24(23)28)13-26(32)33-22-7-9-29-10-8-22/h4-6,11-12,14-17,22,29H,7-10,13H2,1-3H3. The number of nitrogens with one attached hydrogen (secondary N) is 1. The van der Waals surface area contributed by atoms with Crippen LogP contribution in [0.15, 0.2) is 55.0 Å². The number of benzene rings is 1. The van der Waals surface area contributed by atoms with Gasteiger partial charge in [0.15, 0.2) is 0 Å². The van der Waals surface area contributed by atoms with Crippen LogP contribution in [0.1, 0.15) is 44.9 Å². The Hall–Kier alpha value is -2.76. The highest BCUT2D eigenvalue weighted by molar-refractivity contribution is 6.33. The lowest BCUT2D eigenvalue weighted by molar-refractivity contribution is -0.149. The molecule has 0 unspecified atom stereocenters. The highest BCUT2D eigenvalue weighted by atomic mass is 35.5. The van der Waals surface area contributed by atoms with Crippen molar-refractivity contribution in [3.63, 3.8) is 0 Å². The van der Waals surface area contributed by atoms with Gasteiger partial charge in [-0.05, 0) is 61.3 Å². The zero-order chi connectivity index (χ0) is 23.4. The molecule has 172 valence electrons. The summed E-state index contributed by atoms with van der Waals surface area (Å²) in [7, 11) is 0. The molecular weight excluding hydrogens is 434 g/mol. The fourth-order valence-electron chi connectivity index (χ4n) is 3.98. The fraction of sp³-hybridized carbons (Fsp3) is 0.370. The van der Waals surface area contributed by atoms with E-state index in [1.54, 1.807) is 0 Å². The second-order valence-corrected chi connectivity index (χ2v) is 9.98. The molecule has 0 saturated carbocycles. The number of aromatic nitrogens is 2. The van der Waals surface area contributed by atoms with Gasteiger partial charge >= 0.3 is 5.97 Å². The Labute approximate surface area is 200 Å². The summed E-state index contributed by atoms with van der Waals surface area (Å²) in [5.74, 6) is -0.207. The SMILES string of the molecule is CC(C)(C)c1cc(-c2cncc(-c3ccc(CC(=O)OC4CCNCC4)cc3Cl)c2)ccn1. The molecule has 5 nitrogen and oxygen atoms in total. The van der Waals surface area contributed by atoms with Crippen LogP contribution >= 0.6 is 11.6 Å². The Bertz CT molecular complexity index is 1130. The number of pyridine rings is 2. The van der Waals surface area contributed by atoms with E-state index in [4.69, 9.17) is 16.3 Å². The smallest absolute Gasteiger partial charge is 0.310 e. The molecule has 3 aromatic rings. The number of ether oxygens (including phenoxy) is 1. The van der Waals surface area contributed by atoms with Crippen molar-refractivity contribution in [3.05, 3.63) is 71.3 Å². The van der Waals surface area contributed by atoms with Crippen molar-refractivity contribution in [2.45, 2.75) is 51.6 Å². The summed E-state index contributed by atoms with van der Waals surface area (Å²) in [6.07, 6.45) is 7.45. The first-order valence-corrected chi connectivity index (χ1v) is 11.8. The van der Waals surface area contributed by atoms with Gasteiger partial charge in [0.2, 0.25) is 0 Å². The lowest BCUT2D eigenvalue weighted by Crippen LogP contribution is -2.34. The first-order chi connectivity index (χ1) is 15.8. The zero-order valence-corrected chi connectivity index (χ0v) is 20.2. The molecule has 0 radical (unpaired) electrons. The number of rotatable bonds is 5. The van der Waals surface area contributed by atoms with Crippen LogP contribution in [0, 0.1) is 0 Å². The summed E-state index contributed by atoms with van der Waals surface area (Å²) in [5.41, 5.74) is 5.72. The van der Waals surface area contributed by atoms with E-state index in [1.807, 2.05) is 42.9 Å². The van der Waals surface area contributed by atoms with E-state index >= 15 is 0 Å². The van der Waals surface area contributed by atoms with Gasteiger partial charge in [0.1, 0.15) is 6.10 Å². The van der Waals surface area contributed by atoms with Gasteiger partial charge in [-0.15, -0.1) is 0 Å². The normalized spacial score (nSPS) is 14.8. The molecular formula is C27H30ClN3O2. The summed E-state index contributed by atoms with van der Waals surface area (Å²) >= 11 is 6.62. The van der Waals surface area contributed by atoms with E-state index < -0.39 is 0 Å². The fourth-order valence-corrected chi connectivity index (χ4v) is 4.29. The minimum absolute atomic E-state index is 0.00861. The summed E-state index contributed by atoms with van der Waals surface area (Å²) in [6, 6.07) is 11.9. The van der Waals surface area contributed by atoms with Gasteiger partial charge in [0.05, 0.1) is 6.42 Å². The van der Waals surface area contributed by atoms with Gasteiger partial charge in [-0.25, -0.2) is 0 Å². The van der Waals surface area contributed by atoms with Crippen LogP contribution in [-0.2, 0) is 21.4 Å². The Morgan fingerprint density at radius 1 is 1.06 bits per heavy atom. The molecule has 0 spiro atoms. The molecule has 4 rings (SSSR count). The average molecular weight is 464 g/mol. The van der Waals surface area contributed by atoms with Gasteiger partial charge in [-0.2, -0.15) is 0 Å². The van der Waals surface area contributed by atoms with E-state index in [0.717, 1.165) is 59.4 Å². The lowest BCUT2D eigenvalue weighted by Gasteiger charge is -2.22. The van der Waals surface area contributed by atoms with Crippen LogP contribution in [-0.4, -0.2) is 35.1 Å². The molecule has 0 atom stereocenters. The molecule has 1 aliphatic heterocycles. The predicted octanol–water partition coefficient (Wildman–Crippen LogP) is 5.60. The minimum Gasteiger partial charge on any atom is -0.462 e. The third-order valence-corrected chi connectivity index (χ3v) is 6.19. The summed E-state index contributed by atoms with van der Waals surface area (Å²) < 4.78 is 5.61. The van der Waals surface area contributed by atoms with Crippen LogP contribution in [0.25, 0.3) is 22.3 Å². The van der Waals surface area contributed by atoms with Crippen molar-refractivity contribution in [3.8, 4) is 22.3 Å². The van der Waals surface area contributed by atoms with Gasteiger partial charge < -0.3 is 10.1 Å². The summed E-state index contributed by atoms with van der Waals surface area (Å²) in [4.78, 5) is 21.3. The number of hydrogen-bond acceptors (Lipinski definition) is 5. The van der Waals surface area contributed by atoms with Crippen molar-refractivity contribution < 1.29 is 9.53 Å². The van der Waals surface area contributed by atoms with Crippen LogP contribution in [0.3, 0.4) is 0 Å². The van der Waals surface area contributed by atoms with Crippen LogP contribution in [0.2, 0.25) is 5.02 Å². The first kappa shape index (κ1) is 23.4. The largest absolute Gasteiger partial charge is 0.462 e. The topological polar surface area (TPSA) is 64.1 Å². The highest BCUT2D eigenvalue weighted by Crippen LogP contribution is 2.32. The minimum atomic E-state index is -0.207. The molecule has 33 heavy (non-hydrogen) atoms. The molecule has 2 aromatic heterocycles. The number of carbonyl (C=O) groups is 1. The Kier molecular flexibility index (Phi) is 7.11. The van der Waals surface area contributed by atoms with Gasteiger partial charge in [-0.1, -0.05) is 44.5 Å². The Balaban J connectivity index is 1.51. The quantitative estimate of drug-likeness (QED) is 0.499. The molecule has 1 aliphatic rings. The molecule has 0 amide bonds. The predicted molar refractivity (Wildman–Crippen MR) is 132 cm³/mol. The monoisotopic (exact) mass is 463 g/mol. The lowest BCUT2D eigenvalue weighted by atomic mass is 9.90. The number of halogens is 1. The maximum atomic E-state index is 12.3. The van der Waals surface area contributed by atoms with Crippen LogP contribution in [0.5, 0.6) is 0 Å². The van der Waals surface area contributed by atoms with Gasteiger partial charge in [-0.3, -0.25) is 14.8 Å². The Morgan fingerprint density at radius 2 is 1.82 bits per heavy atom. The van der Waals surface area contributed by atoms with E-state index in [-0.39, 0.29) is 23.9 Å². The first-order valence-electron chi connectivity index (χ1n) is 11.4. The second kappa shape index (κ2) is 10.0. The van der Waals surface area contributed by atoms with Crippen molar-refractivity contribution in [2.75, 3.05) is 13.1 Å². The van der Waals surface area contributed by atoms with E-state index in [1.165, 1.54) is 0 Å². The molecule has 6 heteroatoms. The van der Waals surface area contributed by atoms with E-state index in [2.05, 4.69) is 48.2 Å². The van der Waals surface area contributed by atoms with Crippen molar-refractivity contribution >= 4 is 17.6 Å². The van der Waals surface area contributed by atoms with Crippen LogP contribution in [0.4, 0.5) is 0 Å². The van der Waals surface area contributed by atoms with Gasteiger partial charge in [0.25, 0.3) is 0 Å². The molecule has 1 saturated heterocycles. The number of carbonyl (C=O) groups excluding carboxylic acids is 1. The molecule has 0 aliphatic carbocycles. The van der Waals surface area contributed by atoms with Crippen molar-refractivity contribution in [1.29, 1.82) is 0 Å². The summed E-state index contributed by atoms with van der Waals surface area (Å²) in [6.45, 7) is 8.23. The third kappa shape index (κ3) is 5.98.